The molecule has 0 radical (unpaired) electrons. The first-order valence-corrected chi connectivity index (χ1v) is 7.27. The third-order valence-corrected chi connectivity index (χ3v) is 5.74. The summed E-state index contributed by atoms with van der Waals surface area (Å²) in [5.74, 6) is 0. The molecule has 8 heteroatoms. The minimum Gasteiger partial charge on any atom is -0.223 e. The van der Waals surface area contributed by atoms with Crippen molar-refractivity contribution in [1.82, 2.24) is 0 Å². The fourth-order valence-corrected chi connectivity index (χ4v) is 2.85. The van der Waals surface area contributed by atoms with E-state index < -0.39 is 28.1 Å². The van der Waals surface area contributed by atoms with Crippen LogP contribution in [0.15, 0.2) is 8.47 Å². The summed E-state index contributed by atoms with van der Waals surface area (Å²) in [6, 6.07) is 0. The first-order chi connectivity index (χ1) is 5.07. The summed E-state index contributed by atoms with van der Waals surface area (Å²) in [4.78, 5) is 0. The molecule has 0 fully saturated rings. The monoisotopic (exact) mass is 248 g/mol. The van der Waals surface area contributed by atoms with Gasteiger partial charge in [0.2, 0.25) is 0 Å². The maximum atomic E-state index is 10.8. The second kappa shape index (κ2) is 3.60. The lowest BCUT2D eigenvalue weighted by Gasteiger charge is -2.00. The van der Waals surface area contributed by atoms with Crippen LogP contribution < -0.4 is 0 Å². The van der Waals surface area contributed by atoms with E-state index >= 15 is 0 Å². The van der Waals surface area contributed by atoms with E-state index in [-0.39, 0.29) is 0 Å². The van der Waals surface area contributed by atoms with Crippen LogP contribution in [-0.4, -0.2) is 29.3 Å². The number of hydrogen-bond donors (Lipinski definition) is 2. The highest BCUT2D eigenvalue weighted by molar-refractivity contribution is 8.16. The van der Waals surface area contributed by atoms with Crippen molar-refractivity contribution in [2.75, 3.05) is 12.5 Å². The van der Waals surface area contributed by atoms with Crippen molar-refractivity contribution in [2.45, 2.75) is 0 Å². The zero-order chi connectivity index (χ0) is 10.2. The second-order valence-electron chi connectivity index (χ2n) is 2.15. The molecular weight excluding hydrogens is 240 g/mol. The average molecular weight is 248 g/mol. The highest BCUT2D eigenvalue weighted by Gasteiger charge is 2.18. The largest absolute Gasteiger partial charge is 0.223 e. The van der Waals surface area contributed by atoms with Gasteiger partial charge >= 0.3 is 0 Å². The molecular formula is C4H8O4S4. The molecule has 0 bridgehead atoms. The van der Waals surface area contributed by atoms with Gasteiger partial charge in [0, 0.05) is 12.5 Å². The predicted octanol–water partition coefficient (Wildman–Crippen LogP) is 0.0618. The Hall–Kier alpha value is 0.340. The highest BCUT2D eigenvalue weighted by atomic mass is 32.3. The van der Waals surface area contributed by atoms with E-state index in [1.807, 2.05) is 0 Å². The molecule has 0 spiro atoms. The van der Waals surface area contributed by atoms with Crippen LogP contribution in [0.2, 0.25) is 0 Å². The van der Waals surface area contributed by atoms with Gasteiger partial charge in [-0.1, -0.05) is 0 Å². The fourth-order valence-electron chi connectivity index (χ4n) is 0.317. The summed E-state index contributed by atoms with van der Waals surface area (Å²) in [6.45, 7) is 0. The van der Waals surface area contributed by atoms with Crippen LogP contribution in [0.25, 0.3) is 0 Å². The molecule has 0 aromatic rings. The van der Waals surface area contributed by atoms with E-state index in [0.717, 1.165) is 12.5 Å². The molecule has 0 unspecified atom stereocenters. The van der Waals surface area contributed by atoms with Gasteiger partial charge in [-0.15, -0.1) is 25.3 Å². The van der Waals surface area contributed by atoms with Gasteiger partial charge in [0.05, 0.1) is 0 Å². The van der Waals surface area contributed by atoms with Crippen LogP contribution in [0.3, 0.4) is 0 Å². The van der Waals surface area contributed by atoms with E-state index in [1.165, 1.54) is 0 Å². The molecule has 0 aromatic heterocycles. The smallest absolute Gasteiger partial charge is 0.183 e. The molecule has 12 heavy (non-hydrogen) atoms. The Kier molecular flexibility index (Phi) is 3.71. The molecule has 0 amide bonds. The van der Waals surface area contributed by atoms with Gasteiger partial charge < -0.3 is 0 Å². The lowest BCUT2D eigenvalue weighted by atomic mass is 11.2. The van der Waals surface area contributed by atoms with Crippen molar-refractivity contribution in [3.63, 3.8) is 0 Å². The Morgan fingerprint density at radius 1 is 0.833 bits per heavy atom. The van der Waals surface area contributed by atoms with Crippen LogP contribution in [-0.2, 0) is 19.7 Å². The zero-order valence-electron chi connectivity index (χ0n) is 6.34. The van der Waals surface area contributed by atoms with E-state index in [4.69, 9.17) is 0 Å². The Balaban J connectivity index is 5.58. The van der Waals surface area contributed by atoms with Crippen LogP contribution in [0, 0.1) is 0 Å². The second-order valence-corrected chi connectivity index (χ2v) is 7.56. The number of thiol groups is 2. The third kappa shape index (κ3) is 3.38. The van der Waals surface area contributed by atoms with Crippen LogP contribution >= 0.6 is 25.3 Å². The molecule has 4 nitrogen and oxygen atoms in total. The summed E-state index contributed by atoms with van der Waals surface area (Å²) in [6.07, 6.45) is 1.72. The SMILES string of the molecule is CS(=O)(=O)/C(S)=C(/S)S(C)(=O)=O. The summed E-state index contributed by atoms with van der Waals surface area (Å²) < 4.78 is 42.0. The molecule has 0 rings (SSSR count). The van der Waals surface area contributed by atoms with E-state index in [0.29, 0.717) is 0 Å². The fraction of sp³-hybridized carbons (Fsp3) is 0.500. The van der Waals surface area contributed by atoms with Gasteiger partial charge in [-0.05, 0) is 0 Å². The lowest BCUT2D eigenvalue weighted by molar-refractivity contribution is 0.605. The zero-order valence-corrected chi connectivity index (χ0v) is 9.77. The van der Waals surface area contributed by atoms with Gasteiger partial charge in [-0.25, -0.2) is 16.8 Å². The van der Waals surface area contributed by atoms with Crippen molar-refractivity contribution >= 4 is 44.9 Å². The molecule has 0 aliphatic carbocycles. The standard InChI is InChI=1S/C4H8O4S4/c1-11(5,6)3(9)4(10)12(2,7)8/h9-10H,1-2H3/b4-3-. The summed E-state index contributed by atoms with van der Waals surface area (Å²) in [5, 5.41) is 0. The minimum absolute atomic E-state index is 0.534. The Bertz CT molecular complexity index is 358. The van der Waals surface area contributed by atoms with Gasteiger partial charge in [0.25, 0.3) is 0 Å². The van der Waals surface area contributed by atoms with E-state index in [9.17, 15) is 16.8 Å². The van der Waals surface area contributed by atoms with Crippen molar-refractivity contribution in [3.05, 3.63) is 8.47 Å². The molecule has 0 aromatic carbocycles. The van der Waals surface area contributed by atoms with Gasteiger partial charge in [-0.3, -0.25) is 0 Å². The van der Waals surface area contributed by atoms with Crippen LogP contribution in [0.1, 0.15) is 0 Å². The van der Waals surface area contributed by atoms with Crippen LogP contribution in [0.4, 0.5) is 0 Å². The normalized spacial score (nSPS) is 15.7. The first-order valence-electron chi connectivity index (χ1n) is 2.59. The third-order valence-electron chi connectivity index (χ3n) is 0.885. The molecule has 0 aliphatic heterocycles. The number of hydrogen-bond acceptors (Lipinski definition) is 6. The topological polar surface area (TPSA) is 68.3 Å². The lowest BCUT2D eigenvalue weighted by Crippen LogP contribution is -2.03. The van der Waals surface area contributed by atoms with Gasteiger partial charge in [-0.2, -0.15) is 0 Å². The Morgan fingerprint density at radius 2 is 1.00 bits per heavy atom. The average Bonchev–Trinajstić information content (AvgIpc) is 1.80. The van der Waals surface area contributed by atoms with E-state index in [2.05, 4.69) is 25.3 Å². The first kappa shape index (κ1) is 12.3. The van der Waals surface area contributed by atoms with Crippen molar-refractivity contribution in [2.24, 2.45) is 0 Å². The Labute approximate surface area is 82.7 Å². The quantitative estimate of drug-likeness (QED) is 0.678. The number of sulfone groups is 2. The Morgan fingerprint density at radius 3 is 1.08 bits per heavy atom. The number of rotatable bonds is 2. The van der Waals surface area contributed by atoms with Gasteiger partial charge in [0.15, 0.2) is 19.7 Å². The molecule has 0 aliphatic rings. The molecule has 0 heterocycles. The highest BCUT2D eigenvalue weighted by Crippen LogP contribution is 2.22. The van der Waals surface area contributed by atoms with Crippen molar-refractivity contribution in [3.8, 4) is 0 Å². The molecule has 0 N–H and O–H groups in total. The summed E-state index contributed by atoms with van der Waals surface area (Å²) in [7, 11) is -7.19. The van der Waals surface area contributed by atoms with Crippen molar-refractivity contribution in [1.29, 1.82) is 0 Å². The van der Waals surface area contributed by atoms with Crippen LogP contribution in [0.5, 0.6) is 0 Å². The van der Waals surface area contributed by atoms with Crippen molar-refractivity contribution < 1.29 is 16.8 Å². The van der Waals surface area contributed by atoms with Gasteiger partial charge in [0.1, 0.15) is 8.47 Å². The molecule has 0 saturated carbocycles. The summed E-state index contributed by atoms with van der Waals surface area (Å²) in [5.41, 5.74) is 0. The summed E-state index contributed by atoms with van der Waals surface area (Å²) >= 11 is 7.07. The molecule has 72 valence electrons. The molecule has 0 saturated heterocycles. The maximum Gasteiger partial charge on any atom is 0.183 e. The predicted molar refractivity (Wildman–Crippen MR) is 54.7 cm³/mol. The van der Waals surface area contributed by atoms with E-state index in [1.54, 1.807) is 0 Å². The molecule has 0 atom stereocenters. The minimum atomic E-state index is -3.60. The maximum absolute atomic E-state index is 10.8.